The van der Waals surface area contributed by atoms with Crippen LogP contribution in [0.4, 0.5) is 10.7 Å². The summed E-state index contributed by atoms with van der Waals surface area (Å²) in [4.78, 5) is 25.9. The van der Waals surface area contributed by atoms with E-state index < -0.39 is 17.8 Å². The fourth-order valence-electron chi connectivity index (χ4n) is 4.62. The summed E-state index contributed by atoms with van der Waals surface area (Å²) < 4.78 is 0. The van der Waals surface area contributed by atoms with Crippen molar-refractivity contribution in [2.24, 2.45) is 11.8 Å². The van der Waals surface area contributed by atoms with E-state index in [0.29, 0.717) is 19.4 Å². The Kier molecular flexibility index (Phi) is 6.39. The van der Waals surface area contributed by atoms with Crippen molar-refractivity contribution >= 4 is 33.9 Å². The van der Waals surface area contributed by atoms with Crippen LogP contribution in [0.3, 0.4) is 0 Å². The zero-order valence-corrected chi connectivity index (χ0v) is 17.8. The predicted molar refractivity (Wildman–Crippen MR) is 118 cm³/mol. The number of carboxylic acid groups (broad SMARTS) is 1. The van der Waals surface area contributed by atoms with Gasteiger partial charge in [-0.2, -0.15) is 0 Å². The second kappa shape index (κ2) is 9.18. The summed E-state index contributed by atoms with van der Waals surface area (Å²) in [7, 11) is 0. The highest BCUT2D eigenvalue weighted by Gasteiger charge is 2.36. The molecule has 0 aliphatic heterocycles. The minimum atomic E-state index is -0.864. The Bertz CT molecular complexity index is 922. The Morgan fingerprint density at radius 1 is 1.03 bits per heavy atom. The molecule has 6 nitrogen and oxygen atoms in total. The van der Waals surface area contributed by atoms with Gasteiger partial charge in [0.1, 0.15) is 5.00 Å². The number of hydrogen-bond acceptors (Lipinski definition) is 5. The smallest absolute Gasteiger partial charge is 0.307 e. The summed E-state index contributed by atoms with van der Waals surface area (Å²) in [5.41, 5.74) is 4.27. The van der Waals surface area contributed by atoms with Crippen LogP contribution in [0, 0.1) is 11.8 Å². The number of anilines is 2. The summed E-state index contributed by atoms with van der Waals surface area (Å²) in [6, 6.07) is 7.65. The Hall–Kier alpha value is -2.38. The number of aryl methyl sites for hydroxylation is 1. The number of fused-ring (bicyclic) bond motifs is 1. The second-order valence-corrected chi connectivity index (χ2v) is 9.30. The molecule has 1 saturated carbocycles. The first-order chi connectivity index (χ1) is 14.6. The van der Waals surface area contributed by atoms with Crippen LogP contribution in [0.5, 0.6) is 0 Å². The first-order valence-electron chi connectivity index (χ1n) is 10.7. The third-order valence-corrected chi connectivity index (χ3v) is 7.54. The van der Waals surface area contributed by atoms with Gasteiger partial charge in [0.2, 0.25) is 5.91 Å². The van der Waals surface area contributed by atoms with Crippen molar-refractivity contribution < 1.29 is 19.8 Å². The summed E-state index contributed by atoms with van der Waals surface area (Å²) >= 11 is 1.64. The highest BCUT2D eigenvalue weighted by molar-refractivity contribution is 7.16. The maximum absolute atomic E-state index is 13.0. The van der Waals surface area contributed by atoms with Crippen LogP contribution in [-0.2, 0) is 35.6 Å². The number of benzene rings is 1. The van der Waals surface area contributed by atoms with Gasteiger partial charge < -0.3 is 20.8 Å². The van der Waals surface area contributed by atoms with Crippen molar-refractivity contribution in [1.29, 1.82) is 0 Å². The predicted octanol–water partition coefficient (Wildman–Crippen LogP) is 4.17. The molecule has 1 aromatic heterocycles. The molecular formula is C23H28N2O4S. The highest BCUT2D eigenvalue weighted by Crippen LogP contribution is 2.40. The van der Waals surface area contributed by atoms with E-state index in [1.54, 1.807) is 11.3 Å². The number of carbonyl (C=O) groups is 2. The number of rotatable bonds is 7. The molecule has 2 aromatic rings. The molecule has 2 atom stereocenters. The van der Waals surface area contributed by atoms with Crippen LogP contribution in [-0.4, -0.2) is 22.1 Å². The number of hydrogen-bond donors (Lipinski definition) is 4. The van der Waals surface area contributed by atoms with Crippen LogP contribution in [0.15, 0.2) is 24.3 Å². The van der Waals surface area contributed by atoms with Gasteiger partial charge in [0, 0.05) is 22.7 Å². The van der Waals surface area contributed by atoms with Crippen LogP contribution >= 0.6 is 11.3 Å². The Morgan fingerprint density at radius 2 is 1.77 bits per heavy atom. The van der Waals surface area contributed by atoms with Crippen LogP contribution in [0.1, 0.15) is 53.7 Å². The third kappa shape index (κ3) is 4.37. The molecule has 2 unspecified atom stereocenters. The largest absolute Gasteiger partial charge is 0.481 e. The Labute approximate surface area is 180 Å². The lowest BCUT2D eigenvalue weighted by Crippen LogP contribution is -2.36. The molecule has 4 rings (SSSR count). The highest BCUT2D eigenvalue weighted by atomic mass is 32.1. The average Bonchev–Trinajstić information content (AvgIpc) is 3.34. The molecule has 1 amide bonds. The number of amides is 1. The summed E-state index contributed by atoms with van der Waals surface area (Å²) in [5.74, 6) is -2.07. The molecule has 160 valence electrons. The van der Waals surface area contributed by atoms with Gasteiger partial charge in [-0.25, -0.2) is 0 Å². The molecule has 0 radical (unpaired) electrons. The van der Waals surface area contributed by atoms with E-state index in [9.17, 15) is 19.8 Å². The second-order valence-electron chi connectivity index (χ2n) is 8.20. The summed E-state index contributed by atoms with van der Waals surface area (Å²) in [5, 5.41) is 26.1. The average molecular weight is 429 g/mol. The number of aliphatic carboxylic acids is 1. The fourth-order valence-corrected chi connectivity index (χ4v) is 5.93. The summed E-state index contributed by atoms with van der Waals surface area (Å²) in [6.07, 6.45) is 6.18. The van der Waals surface area contributed by atoms with Crippen molar-refractivity contribution in [3.8, 4) is 0 Å². The quantitative estimate of drug-likeness (QED) is 0.531. The summed E-state index contributed by atoms with van der Waals surface area (Å²) in [6.45, 7) is 0.625. The van der Waals surface area contributed by atoms with Gasteiger partial charge in [-0.1, -0.05) is 25.0 Å². The minimum absolute atomic E-state index is 0.0208. The molecule has 7 heteroatoms. The SMILES string of the molecule is O=C(O)C1CCCCC1C(=O)Nc1sc2c(c1CNc1ccc(CO)cc1)CCC2. The van der Waals surface area contributed by atoms with Gasteiger partial charge in [0.15, 0.2) is 0 Å². The molecular weight excluding hydrogens is 400 g/mol. The van der Waals surface area contributed by atoms with Gasteiger partial charge in [0.25, 0.3) is 0 Å². The van der Waals surface area contributed by atoms with Gasteiger partial charge in [-0.05, 0) is 55.4 Å². The van der Waals surface area contributed by atoms with E-state index in [1.807, 2.05) is 24.3 Å². The lowest BCUT2D eigenvalue weighted by molar-refractivity contribution is -0.147. The molecule has 1 heterocycles. The first-order valence-corrected chi connectivity index (χ1v) is 11.5. The van der Waals surface area contributed by atoms with Crippen molar-refractivity contribution in [3.63, 3.8) is 0 Å². The monoisotopic (exact) mass is 428 g/mol. The van der Waals surface area contributed by atoms with Crippen LogP contribution in [0.25, 0.3) is 0 Å². The van der Waals surface area contributed by atoms with E-state index in [-0.39, 0.29) is 12.5 Å². The van der Waals surface area contributed by atoms with Gasteiger partial charge in [0.05, 0.1) is 18.4 Å². The van der Waals surface area contributed by atoms with E-state index in [4.69, 9.17) is 0 Å². The molecule has 1 fully saturated rings. The number of aliphatic hydroxyl groups excluding tert-OH is 1. The van der Waals surface area contributed by atoms with E-state index in [1.165, 1.54) is 10.4 Å². The molecule has 1 aromatic carbocycles. The van der Waals surface area contributed by atoms with Gasteiger partial charge in [-0.15, -0.1) is 11.3 Å². The number of carbonyl (C=O) groups excluding carboxylic acids is 1. The molecule has 4 N–H and O–H groups in total. The van der Waals surface area contributed by atoms with Crippen molar-refractivity contribution in [3.05, 3.63) is 45.8 Å². The van der Waals surface area contributed by atoms with Crippen molar-refractivity contribution in [2.75, 3.05) is 10.6 Å². The lowest BCUT2D eigenvalue weighted by Gasteiger charge is -2.27. The number of thiophene rings is 1. The fraction of sp³-hybridized carbons (Fsp3) is 0.478. The lowest BCUT2D eigenvalue weighted by atomic mass is 9.79. The number of carboxylic acids is 1. The number of nitrogens with one attached hydrogen (secondary N) is 2. The van der Waals surface area contributed by atoms with Crippen LogP contribution < -0.4 is 10.6 Å². The van der Waals surface area contributed by atoms with Crippen molar-refractivity contribution in [1.82, 2.24) is 0 Å². The zero-order valence-electron chi connectivity index (χ0n) is 16.9. The topological polar surface area (TPSA) is 98.7 Å². The minimum Gasteiger partial charge on any atom is -0.481 e. The van der Waals surface area contributed by atoms with Crippen LogP contribution in [0.2, 0.25) is 0 Å². The molecule has 0 saturated heterocycles. The molecule has 0 spiro atoms. The normalized spacial score (nSPS) is 20.6. The van der Waals surface area contributed by atoms with E-state index >= 15 is 0 Å². The molecule has 2 aliphatic carbocycles. The zero-order chi connectivity index (χ0) is 21.1. The third-order valence-electron chi connectivity index (χ3n) is 6.29. The molecule has 2 aliphatic rings. The van der Waals surface area contributed by atoms with Gasteiger partial charge >= 0.3 is 5.97 Å². The van der Waals surface area contributed by atoms with E-state index in [2.05, 4.69) is 10.6 Å². The Morgan fingerprint density at radius 3 is 2.47 bits per heavy atom. The van der Waals surface area contributed by atoms with E-state index in [0.717, 1.165) is 53.9 Å². The molecule has 0 bridgehead atoms. The van der Waals surface area contributed by atoms with Crippen molar-refractivity contribution in [2.45, 2.75) is 58.1 Å². The Balaban J connectivity index is 1.50. The standard InChI is InChI=1S/C23H28N2O4S/c26-13-14-8-10-15(11-9-14)24-12-19-16-6-3-7-20(16)30-22(19)25-21(27)17-4-1-2-5-18(17)23(28)29/h8-11,17-18,24,26H,1-7,12-13H2,(H,25,27)(H,28,29). The maximum Gasteiger partial charge on any atom is 0.307 e. The number of aliphatic hydroxyl groups is 1. The van der Waals surface area contributed by atoms with Gasteiger partial charge in [-0.3, -0.25) is 9.59 Å². The molecule has 30 heavy (non-hydrogen) atoms. The first kappa shape index (κ1) is 20.9. The maximum atomic E-state index is 13.0.